The van der Waals surface area contributed by atoms with Crippen LogP contribution in [-0.4, -0.2) is 15.7 Å². The van der Waals surface area contributed by atoms with E-state index in [4.69, 9.17) is 5.73 Å². The molecule has 1 amide bonds. The molecule has 3 rings (SSSR count). The van der Waals surface area contributed by atoms with E-state index in [0.29, 0.717) is 0 Å². The van der Waals surface area contributed by atoms with Gasteiger partial charge in [-0.15, -0.1) is 0 Å². The molecule has 1 aromatic heterocycles. The van der Waals surface area contributed by atoms with Crippen molar-refractivity contribution in [2.75, 3.05) is 0 Å². The molecule has 5 heteroatoms. The fourth-order valence-corrected chi connectivity index (χ4v) is 2.49. The molecule has 0 aliphatic rings. The van der Waals surface area contributed by atoms with Crippen LogP contribution in [0.4, 0.5) is 0 Å². The van der Waals surface area contributed by atoms with Gasteiger partial charge in [0.25, 0.3) is 0 Å². The van der Waals surface area contributed by atoms with E-state index in [9.17, 15) is 4.79 Å². The monoisotopic (exact) mass is 367 g/mol. The minimum absolute atomic E-state index is 0.486. The van der Waals surface area contributed by atoms with Gasteiger partial charge in [0, 0.05) is 27.9 Å². The lowest BCUT2D eigenvalue weighted by Gasteiger charge is -2.01. The van der Waals surface area contributed by atoms with Crippen molar-refractivity contribution in [1.29, 1.82) is 0 Å². The molecule has 2 N–H and O–H groups in total. The lowest BCUT2D eigenvalue weighted by Crippen LogP contribution is -2.05. The van der Waals surface area contributed by atoms with Crippen LogP contribution in [0, 0.1) is 0 Å². The second kappa shape index (κ2) is 6.62. The van der Waals surface area contributed by atoms with Crippen LogP contribution in [0.2, 0.25) is 0 Å². The normalized spacial score (nSPS) is 11.0. The average Bonchev–Trinajstić information content (AvgIpc) is 2.98. The number of aromatic nitrogens is 2. The van der Waals surface area contributed by atoms with Crippen LogP contribution in [0.3, 0.4) is 0 Å². The highest BCUT2D eigenvalue weighted by molar-refractivity contribution is 9.10. The molecule has 0 atom stereocenters. The quantitative estimate of drug-likeness (QED) is 0.712. The van der Waals surface area contributed by atoms with Crippen LogP contribution in [-0.2, 0) is 4.79 Å². The van der Waals surface area contributed by atoms with Gasteiger partial charge in [-0.1, -0.05) is 46.3 Å². The molecule has 0 radical (unpaired) electrons. The summed E-state index contributed by atoms with van der Waals surface area (Å²) in [7, 11) is 0. The van der Waals surface area contributed by atoms with Crippen LogP contribution in [0.5, 0.6) is 0 Å². The molecule has 0 spiro atoms. The molecule has 0 saturated carbocycles. The van der Waals surface area contributed by atoms with Gasteiger partial charge in [0.15, 0.2) is 0 Å². The molecule has 0 bridgehead atoms. The Morgan fingerprint density at radius 3 is 2.43 bits per heavy atom. The van der Waals surface area contributed by atoms with Crippen molar-refractivity contribution in [3.63, 3.8) is 0 Å². The van der Waals surface area contributed by atoms with Gasteiger partial charge in [-0.3, -0.25) is 4.79 Å². The lowest BCUT2D eigenvalue weighted by molar-refractivity contribution is -0.113. The van der Waals surface area contributed by atoms with Gasteiger partial charge in [0.2, 0.25) is 5.91 Å². The topological polar surface area (TPSA) is 60.9 Å². The summed E-state index contributed by atoms with van der Waals surface area (Å²) in [5.41, 5.74) is 8.75. The Morgan fingerprint density at radius 1 is 1.09 bits per heavy atom. The second-order valence-corrected chi connectivity index (χ2v) is 5.87. The lowest BCUT2D eigenvalue weighted by atomic mass is 10.1. The van der Waals surface area contributed by atoms with Crippen molar-refractivity contribution >= 4 is 27.9 Å². The molecular weight excluding hydrogens is 354 g/mol. The SMILES string of the molecule is NC(=O)/C=C\c1cn(-c2ccc(Br)cc2)nc1-c1ccccc1. The Hall–Kier alpha value is -2.66. The van der Waals surface area contributed by atoms with Crippen LogP contribution in [0.25, 0.3) is 23.0 Å². The van der Waals surface area contributed by atoms with Crippen LogP contribution >= 0.6 is 15.9 Å². The summed E-state index contributed by atoms with van der Waals surface area (Å²) in [5, 5.41) is 4.66. The molecule has 2 aromatic carbocycles. The van der Waals surface area contributed by atoms with Gasteiger partial charge >= 0.3 is 0 Å². The highest BCUT2D eigenvalue weighted by Gasteiger charge is 2.10. The minimum Gasteiger partial charge on any atom is -0.366 e. The van der Waals surface area contributed by atoms with Crippen LogP contribution in [0.1, 0.15) is 5.56 Å². The van der Waals surface area contributed by atoms with Gasteiger partial charge in [-0.25, -0.2) is 4.68 Å². The number of carbonyl (C=O) groups excluding carboxylic acids is 1. The first kappa shape index (κ1) is 15.2. The third-order valence-corrected chi connectivity index (χ3v) is 3.84. The fourth-order valence-electron chi connectivity index (χ4n) is 2.23. The number of hydrogen-bond donors (Lipinski definition) is 1. The predicted octanol–water partition coefficient (Wildman–Crippen LogP) is 3.80. The molecule has 0 unspecified atom stereocenters. The van der Waals surface area contributed by atoms with E-state index in [1.54, 1.807) is 10.8 Å². The number of rotatable bonds is 4. The Bertz CT molecular complexity index is 852. The Kier molecular flexibility index (Phi) is 4.39. The second-order valence-electron chi connectivity index (χ2n) is 4.96. The van der Waals surface area contributed by atoms with Crippen molar-refractivity contribution in [3.8, 4) is 16.9 Å². The summed E-state index contributed by atoms with van der Waals surface area (Å²) in [6.45, 7) is 0. The van der Waals surface area contributed by atoms with E-state index in [1.165, 1.54) is 6.08 Å². The summed E-state index contributed by atoms with van der Waals surface area (Å²) >= 11 is 3.42. The van der Waals surface area contributed by atoms with E-state index in [0.717, 1.165) is 27.0 Å². The molecule has 4 nitrogen and oxygen atoms in total. The summed E-state index contributed by atoms with van der Waals surface area (Å²) in [6.07, 6.45) is 4.91. The Balaban J connectivity index is 2.09. The average molecular weight is 368 g/mol. The van der Waals surface area contributed by atoms with Gasteiger partial charge in [-0.2, -0.15) is 5.10 Å². The third-order valence-electron chi connectivity index (χ3n) is 3.31. The number of carbonyl (C=O) groups is 1. The maximum atomic E-state index is 11.0. The van der Waals surface area contributed by atoms with Crippen molar-refractivity contribution in [2.24, 2.45) is 5.73 Å². The fraction of sp³-hybridized carbons (Fsp3) is 0. The molecule has 3 aromatic rings. The van der Waals surface area contributed by atoms with Crippen molar-refractivity contribution < 1.29 is 4.79 Å². The number of halogens is 1. The number of nitrogens with zero attached hydrogens (tertiary/aromatic N) is 2. The predicted molar refractivity (Wildman–Crippen MR) is 94.9 cm³/mol. The Morgan fingerprint density at radius 2 is 1.78 bits per heavy atom. The number of amides is 1. The molecular formula is C18H14BrN3O. The van der Waals surface area contributed by atoms with Crippen molar-refractivity contribution in [2.45, 2.75) is 0 Å². The number of hydrogen-bond acceptors (Lipinski definition) is 2. The smallest absolute Gasteiger partial charge is 0.241 e. The maximum absolute atomic E-state index is 11.0. The summed E-state index contributed by atoms with van der Waals surface area (Å²) in [4.78, 5) is 11.0. The van der Waals surface area contributed by atoms with Crippen molar-refractivity contribution in [3.05, 3.63) is 76.9 Å². The molecule has 114 valence electrons. The molecule has 1 heterocycles. The van der Waals surface area contributed by atoms with E-state index in [-0.39, 0.29) is 0 Å². The van der Waals surface area contributed by atoms with Crippen LogP contribution in [0.15, 0.2) is 71.3 Å². The number of nitrogens with two attached hydrogens (primary N) is 1. The highest BCUT2D eigenvalue weighted by Crippen LogP contribution is 2.25. The third kappa shape index (κ3) is 3.57. The van der Waals surface area contributed by atoms with Crippen molar-refractivity contribution in [1.82, 2.24) is 9.78 Å². The first-order valence-electron chi connectivity index (χ1n) is 7.02. The van der Waals surface area contributed by atoms with Gasteiger partial charge in [0.05, 0.1) is 11.4 Å². The maximum Gasteiger partial charge on any atom is 0.241 e. The van der Waals surface area contributed by atoms with E-state index in [1.807, 2.05) is 60.8 Å². The summed E-state index contributed by atoms with van der Waals surface area (Å²) in [5.74, 6) is -0.486. The summed E-state index contributed by atoms with van der Waals surface area (Å²) < 4.78 is 2.79. The molecule has 0 saturated heterocycles. The standard InChI is InChI=1S/C18H14BrN3O/c19-15-7-9-16(10-8-15)22-12-14(6-11-17(20)23)18(21-22)13-4-2-1-3-5-13/h1-12H,(H2,20,23)/b11-6-. The molecule has 0 fully saturated rings. The molecule has 0 aliphatic heterocycles. The Labute approximate surface area is 142 Å². The van der Waals surface area contributed by atoms with Gasteiger partial charge < -0.3 is 5.73 Å². The summed E-state index contributed by atoms with van der Waals surface area (Å²) in [6, 6.07) is 17.7. The zero-order valence-electron chi connectivity index (χ0n) is 12.2. The van der Waals surface area contributed by atoms with Gasteiger partial charge in [-0.05, 0) is 30.3 Å². The first-order valence-corrected chi connectivity index (χ1v) is 7.81. The first-order chi connectivity index (χ1) is 11.1. The van der Waals surface area contributed by atoms with E-state index >= 15 is 0 Å². The molecule has 0 aliphatic carbocycles. The van der Waals surface area contributed by atoms with Crippen LogP contribution < -0.4 is 5.73 Å². The molecule has 23 heavy (non-hydrogen) atoms. The minimum atomic E-state index is -0.486. The number of benzene rings is 2. The van der Waals surface area contributed by atoms with Gasteiger partial charge in [0.1, 0.15) is 0 Å². The number of primary amides is 1. The zero-order valence-corrected chi connectivity index (χ0v) is 13.8. The largest absolute Gasteiger partial charge is 0.366 e. The van der Waals surface area contributed by atoms with E-state index < -0.39 is 5.91 Å². The highest BCUT2D eigenvalue weighted by atomic mass is 79.9. The van der Waals surface area contributed by atoms with E-state index in [2.05, 4.69) is 21.0 Å². The zero-order chi connectivity index (χ0) is 16.2.